The summed E-state index contributed by atoms with van der Waals surface area (Å²) in [6.07, 6.45) is 4.52. The zero-order valence-corrected chi connectivity index (χ0v) is 6.90. The van der Waals surface area contributed by atoms with E-state index in [1.165, 1.54) is 9.75 Å². The van der Waals surface area contributed by atoms with Crippen molar-refractivity contribution in [3.8, 4) is 10.6 Å². The van der Waals surface area contributed by atoms with E-state index in [2.05, 4.69) is 35.4 Å². The standard InChI is InChI=1S/C8H7N2S/c1-6-2-3-8(11-6)7-4-9-5-10-7/h2-4H,1H3,(H,9,10). The molecule has 11 heavy (non-hydrogen) atoms. The molecule has 0 unspecified atom stereocenters. The van der Waals surface area contributed by atoms with Crippen LogP contribution in [0.25, 0.3) is 10.6 Å². The topological polar surface area (TPSA) is 28.7 Å². The number of aromatic amines is 1. The van der Waals surface area contributed by atoms with Crippen molar-refractivity contribution in [1.82, 2.24) is 9.97 Å². The quantitative estimate of drug-likeness (QED) is 0.686. The Morgan fingerprint density at radius 2 is 2.45 bits per heavy atom. The molecule has 2 nitrogen and oxygen atoms in total. The van der Waals surface area contributed by atoms with E-state index < -0.39 is 0 Å². The van der Waals surface area contributed by atoms with Crippen molar-refractivity contribution in [1.29, 1.82) is 0 Å². The molecule has 55 valence electrons. The Morgan fingerprint density at radius 1 is 1.55 bits per heavy atom. The number of imidazole rings is 1. The second-order valence-corrected chi connectivity index (χ2v) is 3.60. The predicted molar refractivity (Wildman–Crippen MR) is 45.5 cm³/mol. The highest BCUT2D eigenvalue weighted by Crippen LogP contribution is 2.24. The van der Waals surface area contributed by atoms with Gasteiger partial charge in [0.1, 0.15) is 0 Å². The van der Waals surface area contributed by atoms with E-state index in [0.717, 1.165) is 5.69 Å². The lowest BCUT2D eigenvalue weighted by Crippen LogP contribution is -1.66. The van der Waals surface area contributed by atoms with E-state index >= 15 is 0 Å². The van der Waals surface area contributed by atoms with E-state index in [9.17, 15) is 0 Å². The number of hydrogen-bond acceptors (Lipinski definition) is 2. The molecule has 2 aromatic heterocycles. The Balaban J connectivity index is 2.45. The first-order valence-electron chi connectivity index (χ1n) is 3.34. The van der Waals surface area contributed by atoms with Crippen LogP contribution in [0.15, 0.2) is 18.3 Å². The van der Waals surface area contributed by atoms with Gasteiger partial charge in [-0.25, -0.2) is 4.98 Å². The molecule has 0 saturated carbocycles. The molecule has 2 rings (SSSR count). The van der Waals surface area contributed by atoms with Crippen molar-refractivity contribution in [2.45, 2.75) is 6.92 Å². The van der Waals surface area contributed by atoms with Gasteiger partial charge in [0.25, 0.3) is 0 Å². The van der Waals surface area contributed by atoms with Crippen molar-refractivity contribution in [3.63, 3.8) is 0 Å². The Hall–Kier alpha value is -1.09. The molecular formula is C8H7N2S. The van der Waals surface area contributed by atoms with Gasteiger partial charge in [-0.3, -0.25) is 0 Å². The van der Waals surface area contributed by atoms with Gasteiger partial charge in [-0.1, -0.05) is 0 Å². The summed E-state index contributed by atoms with van der Waals surface area (Å²) >= 11 is 1.74. The van der Waals surface area contributed by atoms with Gasteiger partial charge in [-0.15, -0.1) is 11.3 Å². The van der Waals surface area contributed by atoms with Crippen LogP contribution < -0.4 is 0 Å². The molecule has 0 atom stereocenters. The van der Waals surface area contributed by atoms with Crippen molar-refractivity contribution in [3.05, 3.63) is 29.5 Å². The Kier molecular flexibility index (Phi) is 1.51. The number of nitrogens with one attached hydrogen (secondary N) is 1. The molecule has 0 bridgehead atoms. The average molecular weight is 163 g/mol. The molecule has 2 heterocycles. The number of aryl methyl sites for hydroxylation is 1. The first-order chi connectivity index (χ1) is 5.36. The zero-order valence-electron chi connectivity index (χ0n) is 6.09. The van der Waals surface area contributed by atoms with Crippen LogP contribution in [0.3, 0.4) is 0 Å². The normalized spacial score (nSPS) is 10.3. The van der Waals surface area contributed by atoms with Crippen LogP contribution in [0.5, 0.6) is 0 Å². The highest BCUT2D eigenvalue weighted by atomic mass is 32.1. The van der Waals surface area contributed by atoms with Gasteiger partial charge in [0.15, 0.2) is 6.33 Å². The van der Waals surface area contributed by atoms with E-state index in [1.54, 1.807) is 11.3 Å². The number of nitrogens with zero attached hydrogens (tertiary/aromatic N) is 1. The molecule has 2 aromatic rings. The van der Waals surface area contributed by atoms with E-state index in [1.807, 2.05) is 6.20 Å². The number of thiophene rings is 1. The van der Waals surface area contributed by atoms with Crippen LogP contribution in [-0.2, 0) is 0 Å². The summed E-state index contributed by atoms with van der Waals surface area (Å²) in [5, 5.41) is 0. The molecule has 0 spiro atoms. The molecule has 0 saturated heterocycles. The molecule has 0 fully saturated rings. The summed E-state index contributed by atoms with van der Waals surface area (Å²) in [6.45, 7) is 2.09. The second kappa shape index (κ2) is 2.51. The number of aromatic nitrogens is 2. The third-order valence-corrected chi connectivity index (χ3v) is 2.47. The minimum absolute atomic E-state index is 0.975. The Bertz CT molecular complexity index is 335. The van der Waals surface area contributed by atoms with Crippen LogP contribution in [-0.4, -0.2) is 9.97 Å². The fraction of sp³-hybridized carbons (Fsp3) is 0.125. The largest absolute Gasteiger partial charge is 0.341 e. The number of H-pyrrole nitrogens is 1. The first-order valence-corrected chi connectivity index (χ1v) is 4.16. The summed E-state index contributed by atoms with van der Waals surface area (Å²) in [6, 6.07) is 4.17. The number of rotatable bonds is 1. The summed E-state index contributed by atoms with van der Waals surface area (Å²) in [4.78, 5) is 9.34. The first kappa shape index (κ1) is 6.61. The SMILES string of the molecule is Cc1ccc(-c2c[nH][c]n2)s1. The molecule has 3 heteroatoms. The van der Waals surface area contributed by atoms with Crippen LogP contribution in [0.1, 0.15) is 4.88 Å². The van der Waals surface area contributed by atoms with Crippen LogP contribution in [0.2, 0.25) is 0 Å². The fourth-order valence-corrected chi connectivity index (χ4v) is 1.75. The monoisotopic (exact) mass is 163 g/mol. The number of hydrogen-bond donors (Lipinski definition) is 1. The summed E-state index contributed by atoms with van der Waals surface area (Å²) in [5.41, 5.74) is 0.975. The lowest BCUT2D eigenvalue weighted by molar-refractivity contribution is 1.29. The highest BCUT2D eigenvalue weighted by Gasteiger charge is 2.00. The third-order valence-electron chi connectivity index (χ3n) is 1.44. The van der Waals surface area contributed by atoms with Gasteiger partial charge in [0, 0.05) is 11.1 Å². The lowest BCUT2D eigenvalue weighted by Gasteiger charge is -1.84. The van der Waals surface area contributed by atoms with Crippen molar-refractivity contribution >= 4 is 11.3 Å². The maximum atomic E-state index is 4.03. The van der Waals surface area contributed by atoms with Crippen LogP contribution in [0.4, 0.5) is 0 Å². The molecule has 0 aliphatic carbocycles. The third kappa shape index (κ3) is 1.19. The Labute approximate surface area is 68.9 Å². The van der Waals surface area contributed by atoms with E-state index in [-0.39, 0.29) is 0 Å². The van der Waals surface area contributed by atoms with Gasteiger partial charge >= 0.3 is 0 Å². The predicted octanol–water partition coefficient (Wildman–Crippen LogP) is 2.25. The highest BCUT2D eigenvalue weighted by molar-refractivity contribution is 7.15. The Morgan fingerprint density at radius 3 is 3.00 bits per heavy atom. The second-order valence-electron chi connectivity index (χ2n) is 2.31. The van der Waals surface area contributed by atoms with E-state index in [4.69, 9.17) is 0 Å². The van der Waals surface area contributed by atoms with Gasteiger partial charge in [0.2, 0.25) is 0 Å². The molecule has 0 aliphatic rings. The molecule has 0 aliphatic heterocycles. The summed E-state index contributed by atoms with van der Waals surface area (Å²) in [5.74, 6) is 0. The molecule has 1 N–H and O–H groups in total. The summed E-state index contributed by atoms with van der Waals surface area (Å²) in [7, 11) is 0. The fourth-order valence-electron chi connectivity index (χ4n) is 0.924. The maximum absolute atomic E-state index is 4.03. The van der Waals surface area contributed by atoms with Crippen molar-refractivity contribution < 1.29 is 0 Å². The van der Waals surface area contributed by atoms with Gasteiger partial charge in [-0.05, 0) is 19.1 Å². The molecular weight excluding hydrogens is 156 g/mol. The smallest absolute Gasteiger partial charge is 0.174 e. The minimum Gasteiger partial charge on any atom is -0.341 e. The van der Waals surface area contributed by atoms with Gasteiger partial charge < -0.3 is 4.98 Å². The van der Waals surface area contributed by atoms with Crippen LogP contribution in [0, 0.1) is 13.3 Å². The minimum atomic E-state index is 0.975. The molecule has 0 aromatic carbocycles. The van der Waals surface area contributed by atoms with Gasteiger partial charge in [-0.2, -0.15) is 0 Å². The van der Waals surface area contributed by atoms with Crippen molar-refractivity contribution in [2.24, 2.45) is 0 Å². The van der Waals surface area contributed by atoms with E-state index in [0.29, 0.717) is 0 Å². The maximum Gasteiger partial charge on any atom is 0.174 e. The average Bonchev–Trinajstić information content (AvgIpc) is 2.55. The van der Waals surface area contributed by atoms with Crippen LogP contribution >= 0.6 is 11.3 Å². The van der Waals surface area contributed by atoms with Gasteiger partial charge in [0.05, 0.1) is 10.6 Å². The van der Waals surface area contributed by atoms with Crippen molar-refractivity contribution in [2.75, 3.05) is 0 Å². The molecule has 0 amide bonds. The molecule has 1 radical (unpaired) electrons. The zero-order chi connectivity index (χ0) is 7.68. The lowest BCUT2D eigenvalue weighted by atomic mass is 10.4. The summed E-state index contributed by atoms with van der Waals surface area (Å²) < 4.78 is 0.